The molecule has 0 spiro atoms. The van der Waals surface area contributed by atoms with Gasteiger partial charge in [-0.3, -0.25) is 28.8 Å². The van der Waals surface area contributed by atoms with Gasteiger partial charge < -0.3 is 26.4 Å². The molecule has 7 rings (SSSR count). The fourth-order valence-corrected chi connectivity index (χ4v) is 7.89. The van der Waals surface area contributed by atoms with Crippen molar-refractivity contribution in [1.29, 1.82) is 0 Å². The maximum absolute atomic E-state index is 14.5. The number of hydrogen-bond acceptors (Lipinski definition) is 6. The molecule has 1 aliphatic carbocycles. The summed E-state index contributed by atoms with van der Waals surface area (Å²) in [7, 11) is 0. The summed E-state index contributed by atoms with van der Waals surface area (Å²) in [6.45, 7) is 0. The van der Waals surface area contributed by atoms with Crippen molar-refractivity contribution >= 4 is 41.1 Å². The number of nitrogens with one attached hydrogen (secondary N) is 4. The molecule has 5 N–H and O–H groups in total. The number of ketones is 1. The van der Waals surface area contributed by atoms with E-state index in [0.717, 1.165) is 54.4 Å². The zero-order valence-corrected chi connectivity index (χ0v) is 32.7. The van der Waals surface area contributed by atoms with E-state index >= 15 is 0 Å². The zero-order valence-electron chi connectivity index (χ0n) is 32.7. The lowest BCUT2D eigenvalue weighted by Crippen LogP contribution is -2.57. The number of fused-ring (bicyclic) bond motifs is 18. The minimum atomic E-state index is -1.15. The minimum absolute atomic E-state index is 0.0432. The van der Waals surface area contributed by atoms with Crippen LogP contribution in [0.15, 0.2) is 109 Å². The Morgan fingerprint density at radius 2 is 1.14 bits per heavy atom. The number of carbonyl (C=O) groups is 6. The van der Waals surface area contributed by atoms with Gasteiger partial charge >= 0.3 is 5.97 Å². The molecule has 1 saturated carbocycles. The Kier molecular flexibility index (Phi) is 14.6. The highest BCUT2D eigenvalue weighted by molar-refractivity contribution is 5.97. The van der Waals surface area contributed by atoms with Gasteiger partial charge in [-0.15, -0.1) is 0 Å². The van der Waals surface area contributed by atoms with Crippen molar-refractivity contribution in [2.75, 3.05) is 5.32 Å². The summed E-state index contributed by atoms with van der Waals surface area (Å²) in [4.78, 5) is 81.7. The monoisotopic (exact) mass is 784 g/mol. The smallest absolute Gasteiger partial charge is 0.307 e. The Morgan fingerprint density at radius 3 is 1.81 bits per heavy atom. The molecule has 11 nitrogen and oxygen atoms in total. The number of carboxylic acid groups (broad SMARTS) is 1. The summed E-state index contributed by atoms with van der Waals surface area (Å²) in [5, 5.41) is 21.7. The Balaban J connectivity index is 1.33. The van der Waals surface area contributed by atoms with Crippen LogP contribution in [0.1, 0.15) is 74.5 Å². The van der Waals surface area contributed by atoms with Crippen molar-refractivity contribution in [2.24, 2.45) is 11.8 Å². The first-order chi connectivity index (χ1) is 28.1. The highest BCUT2D eigenvalue weighted by Gasteiger charge is 2.33. The van der Waals surface area contributed by atoms with E-state index in [0.29, 0.717) is 17.7 Å². The topological polar surface area (TPSA) is 171 Å². The average Bonchev–Trinajstić information content (AvgIpc) is 3.23. The van der Waals surface area contributed by atoms with E-state index < -0.39 is 59.4 Å². The number of carbonyl (C=O) groups excluding carboxylic acids is 5. The third-order valence-corrected chi connectivity index (χ3v) is 11.2. The molecule has 1 fully saturated rings. The third-order valence-electron chi connectivity index (χ3n) is 11.2. The number of Topliss-reactive ketones (excluding diaryl/α,β-unsaturated/α-hetero) is 1. The summed E-state index contributed by atoms with van der Waals surface area (Å²) in [6.07, 6.45) is 4.98. The van der Waals surface area contributed by atoms with Gasteiger partial charge in [0.25, 0.3) is 0 Å². The van der Waals surface area contributed by atoms with Crippen molar-refractivity contribution in [3.63, 3.8) is 0 Å². The van der Waals surface area contributed by atoms with E-state index in [1.165, 1.54) is 0 Å². The molecular formula is C47H52N4O7. The van der Waals surface area contributed by atoms with Crippen molar-refractivity contribution < 1.29 is 33.9 Å². The normalized spacial score (nSPS) is 21.8. The van der Waals surface area contributed by atoms with Crippen LogP contribution in [0.4, 0.5) is 5.69 Å². The predicted octanol–water partition coefficient (Wildman–Crippen LogP) is 6.20. The Hall–Kier alpha value is -6.10. The van der Waals surface area contributed by atoms with Gasteiger partial charge in [0.05, 0.1) is 12.0 Å². The summed E-state index contributed by atoms with van der Waals surface area (Å²) in [5.74, 6) is -4.51. The lowest BCUT2D eigenvalue weighted by Gasteiger charge is -2.29. The summed E-state index contributed by atoms with van der Waals surface area (Å²) >= 11 is 0. The maximum atomic E-state index is 14.5. The van der Waals surface area contributed by atoms with Crippen LogP contribution in [-0.4, -0.2) is 58.6 Å². The summed E-state index contributed by atoms with van der Waals surface area (Å²) in [6, 6.07) is 30.2. The first kappa shape index (κ1) is 41.5. The van der Waals surface area contributed by atoms with Gasteiger partial charge in [0.2, 0.25) is 23.6 Å². The Labute approximate surface area is 339 Å². The van der Waals surface area contributed by atoms with Crippen LogP contribution >= 0.6 is 0 Å². The highest BCUT2D eigenvalue weighted by Crippen LogP contribution is 2.28. The summed E-state index contributed by atoms with van der Waals surface area (Å²) < 4.78 is 0. The van der Waals surface area contributed by atoms with Crippen LogP contribution in [0.25, 0.3) is 11.1 Å². The fourth-order valence-electron chi connectivity index (χ4n) is 7.89. The molecule has 4 amide bonds. The van der Waals surface area contributed by atoms with E-state index in [9.17, 15) is 33.9 Å². The number of aliphatic carboxylic acids is 1. The number of rotatable bonds is 8. The van der Waals surface area contributed by atoms with Crippen LogP contribution in [0, 0.1) is 11.8 Å². The van der Waals surface area contributed by atoms with Crippen molar-refractivity contribution in [3.05, 3.63) is 126 Å². The fraction of sp³-hybridized carbons (Fsp3) is 0.362. The number of anilines is 1. The van der Waals surface area contributed by atoms with Crippen LogP contribution in [0.3, 0.4) is 0 Å². The first-order valence-corrected chi connectivity index (χ1v) is 20.3. The molecule has 4 aromatic rings. The van der Waals surface area contributed by atoms with E-state index in [1.54, 1.807) is 24.3 Å². The van der Waals surface area contributed by atoms with Crippen molar-refractivity contribution in [3.8, 4) is 11.1 Å². The van der Waals surface area contributed by atoms with Crippen molar-refractivity contribution in [1.82, 2.24) is 16.0 Å². The SMILES string of the molecule is O=C1CCC(=O)N[C@H](CC2CCCCC2)C(=O)N[C@@H](Cc2ccc(-c3ccccc3)cc2)C(=O)N[C@H](Cc2ccccc2)C(=O)C[C@H](C(=O)O)Cc2ccc(cc2)N1. The predicted molar refractivity (Wildman–Crippen MR) is 221 cm³/mol. The van der Waals surface area contributed by atoms with E-state index in [1.807, 2.05) is 84.9 Å². The molecular weight excluding hydrogens is 733 g/mol. The average molecular weight is 785 g/mol. The summed E-state index contributed by atoms with van der Waals surface area (Å²) in [5.41, 5.74) is 4.65. The van der Waals surface area contributed by atoms with Gasteiger partial charge in [0, 0.05) is 31.4 Å². The molecule has 2 bridgehead atoms. The standard InChI is InChI=1S/C47H52N4O7/c52-42-30-37(47(57)58)26-33-18-22-38(23-19-33)48-43(53)24-25-44(54)49-40(28-32-12-6-2-7-13-32)45(55)51-41(46(56)50-39(42)27-31-10-4-1-5-11-31)29-34-16-20-36(21-17-34)35-14-8-3-9-15-35/h1,3-5,8-11,14-23,32,37,39-41H,2,6-7,12-13,24-30H2,(H,48,53)(H,49,54)(H,50,56)(H,51,55)(H,57,58)/t37-,39-,40-,41+/m1/s1. The van der Waals surface area contributed by atoms with Gasteiger partial charge in [-0.2, -0.15) is 0 Å². The second-order valence-corrected chi connectivity index (χ2v) is 15.6. The number of benzene rings is 4. The zero-order chi connectivity index (χ0) is 40.9. The molecule has 4 atom stereocenters. The molecule has 11 heteroatoms. The van der Waals surface area contributed by atoms with E-state index in [4.69, 9.17) is 0 Å². The molecule has 2 heterocycles. The molecule has 0 aromatic heterocycles. The maximum Gasteiger partial charge on any atom is 0.307 e. The van der Waals surface area contributed by atoms with Crippen molar-refractivity contribution in [2.45, 2.75) is 95.2 Å². The van der Waals surface area contributed by atoms with Gasteiger partial charge in [-0.25, -0.2) is 0 Å². The molecule has 3 aliphatic rings. The quantitative estimate of drug-likeness (QED) is 0.133. The lowest BCUT2D eigenvalue weighted by molar-refractivity contribution is -0.144. The molecule has 4 aromatic carbocycles. The molecule has 0 saturated heterocycles. The van der Waals surface area contributed by atoms with E-state index in [-0.39, 0.29) is 44.4 Å². The lowest BCUT2D eigenvalue weighted by atomic mass is 9.84. The first-order valence-electron chi connectivity index (χ1n) is 20.3. The van der Waals surface area contributed by atoms with Crippen LogP contribution in [0.5, 0.6) is 0 Å². The van der Waals surface area contributed by atoms with Gasteiger partial charge in [-0.05, 0) is 65.1 Å². The molecule has 0 unspecified atom stereocenters. The van der Waals surface area contributed by atoms with Crippen LogP contribution in [-0.2, 0) is 48.0 Å². The third kappa shape index (κ3) is 12.2. The van der Waals surface area contributed by atoms with Crippen LogP contribution < -0.4 is 21.3 Å². The number of carboxylic acids is 1. The molecule has 2 aliphatic heterocycles. The molecule has 58 heavy (non-hydrogen) atoms. The Morgan fingerprint density at radius 1 is 0.569 bits per heavy atom. The second kappa shape index (κ2) is 20.4. The largest absolute Gasteiger partial charge is 0.481 e. The molecule has 0 radical (unpaired) electrons. The highest BCUT2D eigenvalue weighted by atomic mass is 16.4. The molecule has 302 valence electrons. The van der Waals surface area contributed by atoms with Gasteiger partial charge in [0.15, 0.2) is 5.78 Å². The second-order valence-electron chi connectivity index (χ2n) is 15.6. The van der Waals surface area contributed by atoms with Gasteiger partial charge in [-0.1, -0.05) is 129 Å². The van der Waals surface area contributed by atoms with E-state index in [2.05, 4.69) is 21.3 Å². The number of amides is 4. The van der Waals surface area contributed by atoms with Gasteiger partial charge in [0.1, 0.15) is 12.1 Å². The van der Waals surface area contributed by atoms with Crippen LogP contribution in [0.2, 0.25) is 0 Å². The minimum Gasteiger partial charge on any atom is -0.481 e. The number of hydrogen-bond donors (Lipinski definition) is 5. The Bertz CT molecular complexity index is 2030.